The maximum atomic E-state index is 12.0. The van der Waals surface area contributed by atoms with Crippen LogP contribution in [0.3, 0.4) is 0 Å². The predicted octanol–water partition coefficient (Wildman–Crippen LogP) is 0.953. The van der Waals surface area contributed by atoms with Crippen LogP contribution < -0.4 is 11.1 Å². The van der Waals surface area contributed by atoms with E-state index in [-0.39, 0.29) is 11.7 Å². The molecule has 1 atom stereocenters. The summed E-state index contributed by atoms with van der Waals surface area (Å²) in [6.07, 6.45) is 5.58. The lowest BCUT2D eigenvalue weighted by Gasteiger charge is -2.26. The molecule has 3 N–H and O–H groups in total. The number of carbonyl (C=O) groups is 2. The molecule has 0 aromatic heterocycles. The summed E-state index contributed by atoms with van der Waals surface area (Å²) < 4.78 is 4.52. The quantitative estimate of drug-likeness (QED) is 0.559. The Balaban J connectivity index is 2.38. The monoisotopic (exact) mass is 313 g/mol. The van der Waals surface area contributed by atoms with Gasteiger partial charge in [0.25, 0.3) is 0 Å². The number of hydrogen-bond donors (Lipinski definition) is 2. The number of amides is 1. The third-order valence-corrected chi connectivity index (χ3v) is 4.65. The van der Waals surface area contributed by atoms with Crippen molar-refractivity contribution >= 4 is 23.6 Å². The summed E-state index contributed by atoms with van der Waals surface area (Å²) in [4.78, 5) is 23.1. The average Bonchev–Trinajstić information content (AvgIpc) is 2.72. The molecule has 1 aliphatic rings. The Kier molecular flexibility index (Phi) is 7.54. The van der Waals surface area contributed by atoms with Crippen LogP contribution >= 0.6 is 11.8 Å². The highest BCUT2D eigenvalue weighted by molar-refractivity contribution is 8.00. The fourth-order valence-corrected chi connectivity index (χ4v) is 3.16. The molecule has 0 heterocycles. The number of hydrogen-bond acceptors (Lipinski definition) is 6. The van der Waals surface area contributed by atoms with Crippen molar-refractivity contribution < 1.29 is 14.3 Å². The molecule has 0 aromatic carbocycles. The SMILES string of the molecule is COC(=O)C(N)CSCC(=O)NC1(C#N)CCCCCC1. The first-order valence-electron chi connectivity index (χ1n) is 7.16. The third kappa shape index (κ3) is 5.94. The summed E-state index contributed by atoms with van der Waals surface area (Å²) in [5.74, 6) is -0.158. The van der Waals surface area contributed by atoms with E-state index in [0.29, 0.717) is 18.6 Å². The van der Waals surface area contributed by atoms with Crippen molar-refractivity contribution in [3.63, 3.8) is 0 Å². The highest BCUT2D eigenvalue weighted by Crippen LogP contribution is 2.26. The van der Waals surface area contributed by atoms with Gasteiger partial charge in [-0.3, -0.25) is 9.59 Å². The number of ether oxygens (including phenoxy) is 1. The molecule has 0 spiro atoms. The van der Waals surface area contributed by atoms with Crippen LogP contribution in [0.5, 0.6) is 0 Å². The minimum Gasteiger partial charge on any atom is -0.468 e. The van der Waals surface area contributed by atoms with Gasteiger partial charge in [0.05, 0.1) is 18.9 Å². The lowest BCUT2D eigenvalue weighted by atomic mass is 9.92. The van der Waals surface area contributed by atoms with Gasteiger partial charge >= 0.3 is 5.97 Å². The maximum Gasteiger partial charge on any atom is 0.323 e. The second-order valence-electron chi connectivity index (χ2n) is 5.30. The van der Waals surface area contributed by atoms with Gasteiger partial charge in [0, 0.05) is 5.75 Å². The number of methoxy groups -OCH3 is 1. The third-order valence-electron chi connectivity index (χ3n) is 3.58. The van der Waals surface area contributed by atoms with Gasteiger partial charge in [-0.05, 0) is 12.8 Å². The van der Waals surface area contributed by atoms with E-state index in [2.05, 4.69) is 16.1 Å². The minimum atomic E-state index is -0.726. The molecular formula is C14H23N3O3S. The standard InChI is InChI=1S/C14H23N3O3S/c1-20-13(19)11(16)8-21-9-12(18)17-14(10-15)6-4-2-3-5-7-14/h11H,2-9,16H2,1H3,(H,17,18). The molecule has 1 amide bonds. The van der Waals surface area contributed by atoms with Gasteiger partial charge in [-0.2, -0.15) is 5.26 Å². The molecule has 0 bridgehead atoms. The van der Waals surface area contributed by atoms with Crippen molar-refractivity contribution in [3.8, 4) is 6.07 Å². The molecule has 6 nitrogen and oxygen atoms in total. The summed E-state index contributed by atoms with van der Waals surface area (Å²) in [7, 11) is 1.28. The predicted molar refractivity (Wildman–Crippen MR) is 81.5 cm³/mol. The highest BCUT2D eigenvalue weighted by atomic mass is 32.2. The van der Waals surface area contributed by atoms with Gasteiger partial charge in [-0.1, -0.05) is 25.7 Å². The molecule has 1 unspecified atom stereocenters. The molecule has 1 saturated carbocycles. The Morgan fingerprint density at radius 3 is 2.52 bits per heavy atom. The van der Waals surface area contributed by atoms with Crippen LogP contribution in [0.15, 0.2) is 0 Å². The smallest absolute Gasteiger partial charge is 0.323 e. The first-order valence-corrected chi connectivity index (χ1v) is 8.32. The number of esters is 1. The van der Waals surface area contributed by atoms with E-state index in [9.17, 15) is 14.9 Å². The lowest BCUT2D eigenvalue weighted by molar-refractivity contribution is -0.141. The van der Waals surface area contributed by atoms with Crippen LogP contribution in [0.1, 0.15) is 38.5 Å². The Morgan fingerprint density at radius 2 is 2.00 bits per heavy atom. The van der Waals surface area contributed by atoms with Gasteiger partial charge in [0.15, 0.2) is 0 Å². The summed E-state index contributed by atoms with van der Waals surface area (Å²) in [5, 5.41) is 12.2. The van der Waals surface area contributed by atoms with E-state index >= 15 is 0 Å². The van der Waals surface area contributed by atoms with E-state index in [1.807, 2.05) is 0 Å². The molecule has 7 heteroatoms. The molecular weight excluding hydrogens is 290 g/mol. The number of rotatable bonds is 6. The molecule has 1 aliphatic carbocycles. The van der Waals surface area contributed by atoms with Crippen molar-refractivity contribution in [2.45, 2.75) is 50.1 Å². The maximum absolute atomic E-state index is 12.0. The van der Waals surface area contributed by atoms with Crippen LogP contribution in [0.25, 0.3) is 0 Å². The molecule has 1 rings (SSSR count). The summed E-state index contributed by atoms with van der Waals surface area (Å²) in [6, 6.07) is 1.55. The number of nitrogens with one attached hydrogen (secondary N) is 1. The molecule has 21 heavy (non-hydrogen) atoms. The number of nitrogens with zero attached hydrogens (tertiary/aromatic N) is 1. The zero-order chi connectivity index (χ0) is 15.7. The van der Waals surface area contributed by atoms with Crippen LogP contribution in [0.4, 0.5) is 0 Å². The fourth-order valence-electron chi connectivity index (χ4n) is 2.40. The Hall–Kier alpha value is -1.26. The van der Waals surface area contributed by atoms with Gasteiger partial charge in [0.2, 0.25) is 5.91 Å². The van der Waals surface area contributed by atoms with E-state index in [0.717, 1.165) is 25.7 Å². The van der Waals surface area contributed by atoms with Gasteiger partial charge in [-0.15, -0.1) is 11.8 Å². The van der Waals surface area contributed by atoms with Crippen molar-refractivity contribution in [1.82, 2.24) is 5.32 Å². The Labute approximate surface area is 129 Å². The van der Waals surface area contributed by atoms with Gasteiger partial charge in [0.1, 0.15) is 11.6 Å². The lowest BCUT2D eigenvalue weighted by Crippen LogP contribution is -2.48. The summed E-state index contributed by atoms with van der Waals surface area (Å²) in [6.45, 7) is 0. The van der Waals surface area contributed by atoms with Gasteiger partial charge in [-0.25, -0.2) is 0 Å². The fraction of sp³-hybridized carbons (Fsp3) is 0.786. The van der Waals surface area contributed by atoms with Crippen molar-refractivity contribution in [2.75, 3.05) is 18.6 Å². The summed E-state index contributed by atoms with van der Waals surface area (Å²) in [5.41, 5.74) is 4.87. The molecule has 0 aromatic rings. The van der Waals surface area contributed by atoms with Crippen molar-refractivity contribution in [1.29, 1.82) is 5.26 Å². The first-order chi connectivity index (χ1) is 10.0. The molecule has 0 saturated heterocycles. The van der Waals surface area contributed by atoms with E-state index in [1.54, 1.807) is 0 Å². The second kappa shape index (κ2) is 8.90. The first kappa shape index (κ1) is 17.8. The number of nitriles is 1. The van der Waals surface area contributed by atoms with Crippen LogP contribution in [0, 0.1) is 11.3 Å². The number of nitrogens with two attached hydrogens (primary N) is 1. The second-order valence-corrected chi connectivity index (χ2v) is 6.33. The van der Waals surface area contributed by atoms with E-state index < -0.39 is 17.6 Å². The highest BCUT2D eigenvalue weighted by Gasteiger charge is 2.32. The van der Waals surface area contributed by atoms with Gasteiger partial charge < -0.3 is 15.8 Å². The zero-order valence-electron chi connectivity index (χ0n) is 12.4. The molecule has 118 valence electrons. The Bertz CT molecular complexity index is 401. The van der Waals surface area contributed by atoms with Crippen molar-refractivity contribution in [3.05, 3.63) is 0 Å². The average molecular weight is 313 g/mol. The topological polar surface area (TPSA) is 105 Å². The van der Waals surface area contributed by atoms with Crippen LogP contribution in [0.2, 0.25) is 0 Å². The largest absolute Gasteiger partial charge is 0.468 e. The summed E-state index contributed by atoms with van der Waals surface area (Å²) >= 11 is 1.27. The van der Waals surface area contributed by atoms with Crippen LogP contribution in [-0.4, -0.2) is 42.1 Å². The molecule has 1 fully saturated rings. The van der Waals surface area contributed by atoms with E-state index in [4.69, 9.17) is 5.73 Å². The van der Waals surface area contributed by atoms with Crippen LogP contribution in [-0.2, 0) is 14.3 Å². The molecule has 0 radical (unpaired) electrons. The number of thioether (sulfide) groups is 1. The Morgan fingerprint density at radius 1 is 1.38 bits per heavy atom. The van der Waals surface area contributed by atoms with E-state index in [1.165, 1.54) is 18.9 Å². The number of carbonyl (C=O) groups excluding carboxylic acids is 2. The zero-order valence-corrected chi connectivity index (χ0v) is 13.2. The minimum absolute atomic E-state index is 0.180. The normalized spacial score (nSPS) is 18.9. The molecule has 0 aliphatic heterocycles. The van der Waals surface area contributed by atoms with Crippen molar-refractivity contribution in [2.24, 2.45) is 5.73 Å².